The number of nitrogens with zero attached hydrogens (tertiary/aromatic N) is 2. The third kappa shape index (κ3) is 5.43. The van der Waals surface area contributed by atoms with Gasteiger partial charge >= 0.3 is 0 Å². The van der Waals surface area contributed by atoms with Crippen LogP contribution in [-0.4, -0.2) is 57.9 Å². The summed E-state index contributed by atoms with van der Waals surface area (Å²) in [6.07, 6.45) is 2.02. The van der Waals surface area contributed by atoms with Crippen LogP contribution < -0.4 is 10.1 Å². The maximum Gasteiger partial charge on any atom is 0.193 e. The molecule has 0 saturated carbocycles. The molecule has 1 aliphatic heterocycles. The second-order valence-corrected chi connectivity index (χ2v) is 5.91. The van der Waals surface area contributed by atoms with Gasteiger partial charge in [-0.25, -0.2) is 0 Å². The SMILES string of the molecule is CCNC(=NCCc1ccccc1OC)N(C)CC1CCOC1. The first-order valence-electron chi connectivity index (χ1n) is 8.43. The van der Waals surface area contributed by atoms with Crippen molar-refractivity contribution in [3.8, 4) is 5.75 Å². The maximum atomic E-state index is 5.46. The van der Waals surface area contributed by atoms with Gasteiger partial charge in [0.2, 0.25) is 0 Å². The van der Waals surface area contributed by atoms with Crippen molar-refractivity contribution in [2.24, 2.45) is 10.9 Å². The molecular weight excluding hydrogens is 290 g/mol. The van der Waals surface area contributed by atoms with Crippen molar-refractivity contribution >= 4 is 5.96 Å². The number of hydrogen-bond donors (Lipinski definition) is 1. The van der Waals surface area contributed by atoms with E-state index >= 15 is 0 Å². The molecule has 5 nitrogen and oxygen atoms in total. The summed E-state index contributed by atoms with van der Waals surface area (Å²) in [6.45, 7) is 6.46. The molecule has 5 heteroatoms. The van der Waals surface area contributed by atoms with E-state index < -0.39 is 0 Å². The summed E-state index contributed by atoms with van der Waals surface area (Å²) >= 11 is 0. The van der Waals surface area contributed by atoms with E-state index in [1.54, 1.807) is 7.11 Å². The monoisotopic (exact) mass is 319 g/mol. The standard InChI is InChI=1S/C18H29N3O2/c1-4-19-18(21(2)13-15-10-12-23-14-15)20-11-9-16-7-5-6-8-17(16)22-3/h5-8,15H,4,9-14H2,1-3H3,(H,19,20). The molecular formula is C18H29N3O2. The maximum absolute atomic E-state index is 5.46. The number of aliphatic imine (C=N–C) groups is 1. The Morgan fingerprint density at radius 2 is 2.26 bits per heavy atom. The van der Waals surface area contributed by atoms with Gasteiger partial charge < -0.3 is 19.7 Å². The number of guanidine groups is 1. The molecule has 1 unspecified atom stereocenters. The predicted molar refractivity (Wildman–Crippen MR) is 94.2 cm³/mol. The summed E-state index contributed by atoms with van der Waals surface area (Å²) in [4.78, 5) is 6.97. The number of methoxy groups -OCH3 is 1. The number of nitrogens with one attached hydrogen (secondary N) is 1. The highest BCUT2D eigenvalue weighted by atomic mass is 16.5. The summed E-state index contributed by atoms with van der Waals surface area (Å²) < 4.78 is 10.9. The lowest BCUT2D eigenvalue weighted by Crippen LogP contribution is -2.41. The van der Waals surface area contributed by atoms with Crippen LogP contribution in [0.4, 0.5) is 0 Å². The van der Waals surface area contributed by atoms with Crippen molar-refractivity contribution in [2.45, 2.75) is 19.8 Å². The quantitative estimate of drug-likeness (QED) is 0.618. The molecule has 128 valence electrons. The van der Waals surface area contributed by atoms with Crippen molar-refractivity contribution < 1.29 is 9.47 Å². The van der Waals surface area contributed by atoms with Crippen molar-refractivity contribution in [3.05, 3.63) is 29.8 Å². The summed E-state index contributed by atoms with van der Waals surface area (Å²) in [5.74, 6) is 2.51. The van der Waals surface area contributed by atoms with E-state index in [-0.39, 0.29) is 0 Å². The van der Waals surface area contributed by atoms with E-state index in [4.69, 9.17) is 14.5 Å². The van der Waals surface area contributed by atoms with Gasteiger partial charge in [0.1, 0.15) is 5.75 Å². The van der Waals surface area contributed by atoms with Gasteiger partial charge in [0, 0.05) is 39.2 Å². The van der Waals surface area contributed by atoms with Crippen LogP contribution in [0.25, 0.3) is 0 Å². The number of ether oxygens (including phenoxy) is 2. The molecule has 1 aliphatic rings. The van der Waals surface area contributed by atoms with E-state index in [0.29, 0.717) is 5.92 Å². The number of benzene rings is 1. The smallest absolute Gasteiger partial charge is 0.193 e. The lowest BCUT2D eigenvalue weighted by Gasteiger charge is -2.24. The van der Waals surface area contributed by atoms with E-state index in [9.17, 15) is 0 Å². The van der Waals surface area contributed by atoms with Crippen LogP contribution in [0, 0.1) is 5.92 Å². The molecule has 1 atom stereocenters. The highest BCUT2D eigenvalue weighted by Crippen LogP contribution is 2.17. The molecule has 1 N–H and O–H groups in total. The van der Waals surface area contributed by atoms with Crippen LogP contribution in [0.3, 0.4) is 0 Å². The fourth-order valence-corrected chi connectivity index (χ4v) is 2.86. The van der Waals surface area contributed by atoms with E-state index in [0.717, 1.165) is 57.4 Å². The lowest BCUT2D eigenvalue weighted by atomic mass is 10.1. The Balaban J connectivity index is 1.92. The number of rotatable bonds is 7. The van der Waals surface area contributed by atoms with Crippen LogP contribution in [0.2, 0.25) is 0 Å². The van der Waals surface area contributed by atoms with Crippen LogP contribution in [0.15, 0.2) is 29.3 Å². The minimum absolute atomic E-state index is 0.609. The van der Waals surface area contributed by atoms with Gasteiger partial charge in [-0.15, -0.1) is 0 Å². The Morgan fingerprint density at radius 1 is 1.43 bits per heavy atom. The van der Waals surface area contributed by atoms with Gasteiger partial charge in [-0.2, -0.15) is 0 Å². The van der Waals surface area contributed by atoms with Gasteiger partial charge in [-0.05, 0) is 31.4 Å². The third-order valence-electron chi connectivity index (χ3n) is 4.09. The van der Waals surface area contributed by atoms with Gasteiger partial charge in [-0.3, -0.25) is 4.99 Å². The van der Waals surface area contributed by atoms with Crippen molar-refractivity contribution in [3.63, 3.8) is 0 Å². The number of hydrogen-bond acceptors (Lipinski definition) is 3. The van der Waals surface area contributed by atoms with Crippen molar-refractivity contribution in [1.82, 2.24) is 10.2 Å². The first-order chi connectivity index (χ1) is 11.2. The molecule has 0 aromatic heterocycles. The molecule has 0 bridgehead atoms. The summed E-state index contributed by atoms with van der Waals surface area (Å²) in [6, 6.07) is 8.13. The second-order valence-electron chi connectivity index (χ2n) is 5.91. The van der Waals surface area contributed by atoms with Gasteiger partial charge in [0.15, 0.2) is 5.96 Å². The lowest BCUT2D eigenvalue weighted by molar-refractivity contribution is 0.181. The minimum atomic E-state index is 0.609. The van der Waals surface area contributed by atoms with Crippen LogP contribution in [0.5, 0.6) is 5.75 Å². The fraction of sp³-hybridized carbons (Fsp3) is 0.611. The molecule has 23 heavy (non-hydrogen) atoms. The Bertz CT molecular complexity index is 499. The first-order valence-corrected chi connectivity index (χ1v) is 8.43. The molecule has 1 fully saturated rings. The summed E-state index contributed by atoms with van der Waals surface area (Å²) in [5, 5.41) is 3.38. The van der Waals surface area contributed by atoms with Gasteiger partial charge in [-0.1, -0.05) is 18.2 Å². The predicted octanol–water partition coefficient (Wildman–Crippen LogP) is 2.17. The molecule has 1 heterocycles. The Morgan fingerprint density at radius 3 is 2.96 bits per heavy atom. The Hall–Kier alpha value is -1.75. The number of para-hydroxylation sites is 1. The topological polar surface area (TPSA) is 46.1 Å². The second kappa shape index (κ2) is 9.40. The average molecular weight is 319 g/mol. The molecule has 2 rings (SSSR count). The van der Waals surface area contributed by atoms with Crippen LogP contribution in [-0.2, 0) is 11.2 Å². The van der Waals surface area contributed by atoms with E-state index in [2.05, 4.69) is 30.3 Å². The average Bonchev–Trinajstić information content (AvgIpc) is 3.07. The molecule has 0 radical (unpaired) electrons. The van der Waals surface area contributed by atoms with Crippen LogP contribution >= 0.6 is 0 Å². The van der Waals surface area contributed by atoms with Crippen LogP contribution in [0.1, 0.15) is 18.9 Å². The minimum Gasteiger partial charge on any atom is -0.496 e. The van der Waals surface area contributed by atoms with Gasteiger partial charge in [0.05, 0.1) is 13.7 Å². The van der Waals surface area contributed by atoms with Crippen molar-refractivity contribution in [2.75, 3.05) is 47.0 Å². The summed E-state index contributed by atoms with van der Waals surface area (Å²) in [5.41, 5.74) is 1.20. The normalized spacial score (nSPS) is 18.0. The first kappa shape index (κ1) is 17.6. The zero-order valence-corrected chi connectivity index (χ0v) is 14.5. The molecule has 1 saturated heterocycles. The summed E-state index contributed by atoms with van der Waals surface area (Å²) in [7, 11) is 3.81. The van der Waals surface area contributed by atoms with E-state index in [1.807, 2.05) is 18.2 Å². The molecule has 0 amide bonds. The highest BCUT2D eigenvalue weighted by molar-refractivity contribution is 5.79. The molecule has 0 aliphatic carbocycles. The molecule has 1 aromatic carbocycles. The highest BCUT2D eigenvalue weighted by Gasteiger charge is 2.18. The zero-order chi connectivity index (χ0) is 16.5. The fourth-order valence-electron chi connectivity index (χ4n) is 2.86. The molecule has 1 aromatic rings. The van der Waals surface area contributed by atoms with E-state index in [1.165, 1.54) is 5.56 Å². The van der Waals surface area contributed by atoms with Gasteiger partial charge in [0.25, 0.3) is 0 Å². The van der Waals surface area contributed by atoms with Crippen molar-refractivity contribution in [1.29, 1.82) is 0 Å². The Kier molecular flexibility index (Phi) is 7.20. The third-order valence-corrected chi connectivity index (χ3v) is 4.09. The molecule has 0 spiro atoms. The largest absolute Gasteiger partial charge is 0.496 e. The Labute approximate surface area is 139 Å². The zero-order valence-electron chi connectivity index (χ0n) is 14.5.